The van der Waals surface area contributed by atoms with Crippen molar-refractivity contribution >= 4 is 16.7 Å². The summed E-state index contributed by atoms with van der Waals surface area (Å²) < 4.78 is 5.57. The van der Waals surface area contributed by atoms with Crippen LogP contribution < -0.4 is 11.3 Å². The van der Waals surface area contributed by atoms with Crippen LogP contribution >= 0.6 is 0 Å². The van der Waals surface area contributed by atoms with E-state index in [4.69, 9.17) is 15.6 Å². The van der Waals surface area contributed by atoms with Crippen LogP contribution in [0.5, 0.6) is 0 Å². The first-order chi connectivity index (χ1) is 10.2. The van der Waals surface area contributed by atoms with Gasteiger partial charge in [-0.25, -0.2) is 9.97 Å². The second kappa shape index (κ2) is 4.41. The minimum absolute atomic E-state index is 0.0581. The minimum Gasteiger partial charge on any atom is -0.443 e. The predicted molar refractivity (Wildman–Crippen MR) is 79.5 cm³/mol. The zero-order chi connectivity index (χ0) is 14.4. The molecule has 0 radical (unpaired) electrons. The van der Waals surface area contributed by atoms with Crippen LogP contribution in [-0.4, -0.2) is 9.97 Å². The summed E-state index contributed by atoms with van der Waals surface area (Å²) in [5, 5.41) is 8.55. The minimum atomic E-state index is 0.0581. The van der Waals surface area contributed by atoms with Crippen LogP contribution in [0, 0.1) is 5.41 Å². The van der Waals surface area contributed by atoms with Gasteiger partial charge in [-0.15, -0.1) is 0 Å². The number of rotatable bonds is 1. The fraction of sp³-hybridized carbons (Fsp3) is 0.188. The summed E-state index contributed by atoms with van der Waals surface area (Å²) in [5.74, 6) is 1.77. The number of anilines is 1. The maximum atomic E-state index is 8.02. The molecule has 0 atom stereocenters. The van der Waals surface area contributed by atoms with Crippen LogP contribution in [-0.2, 0) is 12.8 Å². The van der Waals surface area contributed by atoms with E-state index in [0.717, 1.165) is 41.7 Å². The Kier molecular flexibility index (Phi) is 2.54. The molecule has 0 spiro atoms. The lowest BCUT2D eigenvalue weighted by atomic mass is 10.1. The Bertz CT molecular complexity index is 900. The molecule has 0 aliphatic heterocycles. The Balaban J connectivity index is 2.08. The summed E-state index contributed by atoms with van der Waals surface area (Å²) in [5.41, 5.74) is 8.88. The van der Waals surface area contributed by atoms with Crippen molar-refractivity contribution < 1.29 is 4.42 Å². The van der Waals surface area contributed by atoms with Gasteiger partial charge in [-0.1, -0.05) is 30.3 Å². The highest BCUT2D eigenvalue weighted by Gasteiger charge is 2.21. The number of hydrogen-bond acceptors (Lipinski definition) is 5. The fourth-order valence-corrected chi connectivity index (χ4v) is 2.89. The molecule has 21 heavy (non-hydrogen) atoms. The summed E-state index contributed by atoms with van der Waals surface area (Å²) in [7, 11) is 0. The van der Waals surface area contributed by atoms with Crippen molar-refractivity contribution in [1.29, 1.82) is 5.41 Å². The van der Waals surface area contributed by atoms with E-state index in [9.17, 15) is 0 Å². The molecule has 2 aromatic heterocycles. The fourth-order valence-electron chi connectivity index (χ4n) is 2.89. The van der Waals surface area contributed by atoms with Crippen molar-refractivity contribution in [3.05, 3.63) is 47.2 Å². The monoisotopic (exact) mass is 278 g/mol. The highest BCUT2D eigenvalue weighted by molar-refractivity contribution is 5.90. The molecule has 0 amide bonds. The second-order valence-corrected chi connectivity index (χ2v) is 5.21. The summed E-state index contributed by atoms with van der Waals surface area (Å²) in [6, 6.07) is 9.75. The van der Waals surface area contributed by atoms with Crippen LogP contribution in [0.25, 0.3) is 22.3 Å². The average molecular weight is 278 g/mol. The van der Waals surface area contributed by atoms with Gasteiger partial charge >= 0.3 is 0 Å². The smallest absolute Gasteiger partial charge is 0.224 e. The third-order valence-corrected chi connectivity index (χ3v) is 3.87. The number of nitrogen functional groups attached to an aromatic ring is 1. The Morgan fingerprint density at radius 1 is 1.10 bits per heavy atom. The van der Waals surface area contributed by atoms with Crippen LogP contribution in [0.3, 0.4) is 0 Å². The maximum Gasteiger partial charge on any atom is 0.224 e. The van der Waals surface area contributed by atoms with E-state index in [1.165, 1.54) is 0 Å². The van der Waals surface area contributed by atoms with Crippen LogP contribution in [0.4, 0.5) is 5.82 Å². The lowest BCUT2D eigenvalue weighted by Crippen LogP contribution is -2.10. The molecule has 3 aromatic rings. The normalized spacial score (nSPS) is 13.5. The molecule has 1 aliphatic rings. The maximum absolute atomic E-state index is 8.02. The van der Waals surface area contributed by atoms with Gasteiger partial charge in [0.1, 0.15) is 17.0 Å². The van der Waals surface area contributed by atoms with Crippen molar-refractivity contribution in [3.63, 3.8) is 0 Å². The van der Waals surface area contributed by atoms with Gasteiger partial charge in [0.05, 0.1) is 5.52 Å². The van der Waals surface area contributed by atoms with Gasteiger partial charge in [0, 0.05) is 17.5 Å². The summed E-state index contributed by atoms with van der Waals surface area (Å²) in [4.78, 5) is 9.01. The zero-order valence-electron chi connectivity index (χ0n) is 11.4. The number of aromatic nitrogens is 2. The van der Waals surface area contributed by atoms with Crippen LogP contribution in [0.15, 0.2) is 34.7 Å². The predicted octanol–water partition coefficient (Wildman–Crippen LogP) is 2.44. The molecular weight excluding hydrogens is 264 g/mol. The third-order valence-electron chi connectivity index (χ3n) is 3.87. The number of fused-ring (bicyclic) bond motifs is 3. The molecule has 104 valence electrons. The first kappa shape index (κ1) is 12.1. The van der Waals surface area contributed by atoms with Crippen molar-refractivity contribution in [1.82, 2.24) is 9.97 Å². The van der Waals surface area contributed by atoms with E-state index in [1.807, 2.05) is 30.3 Å². The second-order valence-electron chi connectivity index (χ2n) is 5.21. The largest absolute Gasteiger partial charge is 0.443 e. The molecule has 0 saturated heterocycles. The molecular formula is C16H14N4O. The molecule has 0 saturated carbocycles. The Morgan fingerprint density at radius 3 is 2.71 bits per heavy atom. The molecule has 2 heterocycles. The quantitative estimate of drug-likeness (QED) is 0.715. The highest BCUT2D eigenvalue weighted by Crippen LogP contribution is 2.29. The van der Waals surface area contributed by atoms with E-state index < -0.39 is 0 Å². The van der Waals surface area contributed by atoms with Gasteiger partial charge in [0.15, 0.2) is 5.82 Å². The molecule has 4 rings (SSSR count). The Labute approximate surface area is 121 Å². The SMILES string of the molecule is N=c1oc2c(c3nc(-c4ccccc4)nc(N)c13)CCC2. The van der Waals surface area contributed by atoms with Gasteiger partial charge in [0.2, 0.25) is 5.55 Å². The van der Waals surface area contributed by atoms with E-state index in [1.54, 1.807) is 0 Å². The highest BCUT2D eigenvalue weighted by atomic mass is 16.3. The third kappa shape index (κ3) is 1.81. The summed E-state index contributed by atoms with van der Waals surface area (Å²) in [6.45, 7) is 0. The van der Waals surface area contributed by atoms with Gasteiger partial charge in [-0.05, 0) is 12.8 Å². The molecule has 3 N–H and O–H groups in total. The first-order valence-corrected chi connectivity index (χ1v) is 6.96. The van der Waals surface area contributed by atoms with E-state index in [2.05, 4.69) is 9.97 Å². The van der Waals surface area contributed by atoms with Crippen molar-refractivity contribution in [3.8, 4) is 11.4 Å². The average Bonchev–Trinajstić information content (AvgIpc) is 2.96. The van der Waals surface area contributed by atoms with Crippen LogP contribution in [0.1, 0.15) is 17.7 Å². The van der Waals surface area contributed by atoms with E-state index >= 15 is 0 Å². The van der Waals surface area contributed by atoms with E-state index in [-0.39, 0.29) is 5.55 Å². The van der Waals surface area contributed by atoms with E-state index in [0.29, 0.717) is 17.0 Å². The molecule has 0 fully saturated rings. The van der Waals surface area contributed by atoms with Gasteiger partial charge in [0.25, 0.3) is 0 Å². The van der Waals surface area contributed by atoms with Crippen molar-refractivity contribution in [2.75, 3.05) is 5.73 Å². The number of aryl methyl sites for hydroxylation is 2. The molecule has 5 heteroatoms. The standard InChI is InChI=1S/C16H14N4O/c17-14-12-13(10-7-4-8-11(10)21-15(12)18)19-16(20-14)9-5-2-1-3-6-9/h1-3,5-6,18H,4,7-8H2,(H2,17,19,20). The molecule has 0 bridgehead atoms. The summed E-state index contributed by atoms with van der Waals surface area (Å²) in [6.07, 6.45) is 2.81. The number of benzene rings is 1. The lowest BCUT2D eigenvalue weighted by molar-refractivity contribution is 0.454. The Morgan fingerprint density at radius 2 is 1.90 bits per heavy atom. The molecule has 1 aromatic carbocycles. The number of hydrogen-bond donors (Lipinski definition) is 2. The van der Waals surface area contributed by atoms with Crippen LogP contribution in [0.2, 0.25) is 0 Å². The zero-order valence-corrected chi connectivity index (χ0v) is 11.4. The Hall–Kier alpha value is -2.69. The molecule has 5 nitrogen and oxygen atoms in total. The lowest BCUT2D eigenvalue weighted by Gasteiger charge is -2.08. The van der Waals surface area contributed by atoms with Gasteiger partial charge in [-0.3, -0.25) is 5.41 Å². The molecule has 1 aliphatic carbocycles. The van der Waals surface area contributed by atoms with Gasteiger partial charge < -0.3 is 10.2 Å². The van der Waals surface area contributed by atoms with Crippen molar-refractivity contribution in [2.45, 2.75) is 19.3 Å². The van der Waals surface area contributed by atoms with Gasteiger partial charge in [-0.2, -0.15) is 0 Å². The number of nitrogens with zero attached hydrogens (tertiary/aromatic N) is 2. The number of nitrogens with two attached hydrogens (primary N) is 1. The van der Waals surface area contributed by atoms with Crippen molar-refractivity contribution in [2.24, 2.45) is 0 Å². The molecule has 0 unspecified atom stereocenters. The number of nitrogens with one attached hydrogen (secondary N) is 1. The summed E-state index contributed by atoms with van der Waals surface area (Å²) >= 11 is 0. The first-order valence-electron chi connectivity index (χ1n) is 6.96. The topological polar surface area (TPSA) is 88.8 Å².